The average Bonchev–Trinajstić information content (AvgIpc) is 3.36. The van der Waals surface area contributed by atoms with E-state index in [1.165, 1.54) is 18.4 Å². The van der Waals surface area contributed by atoms with E-state index in [0.717, 1.165) is 57.3 Å². The summed E-state index contributed by atoms with van der Waals surface area (Å²) in [6.45, 7) is 6.85. The Hall–Kier alpha value is -1.68. The third-order valence-corrected chi connectivity index (χ3v) is 5.68. The van der Waals surface area contributed by atoms with E-state index in [9.17, 15) is 0 Å². The van der Waals surface area contributed by atoms with Gasteiger partial charge in [-0.05, 0) is 38.3 Å². The summed E-state index contributed by atoms with van der Waals surface area (Å²) in [6.07, 6.45) is 6.16. The smallest absolute Gasteiger partial charge is 0.191 e. The first-order valence-electron chi connectivity index (χ1n) is 10.5. The quantitative estimate of drug-likeness (QED) is 0.356. The average molecular weight is 509 g/mol. The third-order valence-electron chi connectivity index (χ3n) is 5.68. The number of aromatic nitrogens is 3. The zero-order valence-corrected chi connectivity index (χ0v) is 19.5. The van der Waals surface area contributed by atoms with E-state index < -0.39 is 0 Å². The maximum Gasteiger partial charge on any atom is 0.191 e. The van der Waals surface area contributed by atoms with Crippen LogP contribution >= 0.6 is 24.0 Å². The number of halogens is 1. The maximum absolute atomic E-state index is 4.93. The highest BCUT2D eigenvalue weighted by Crippen LogP contribution is 2.20. The minimum Gasteiger partial charge on any atom is -0.357 e. The summed E-state index contributed by atoms with van der Waals surface area (Å²) in [7, 11) is 0. The number of fused-ring (bicyclic) bond motifs is 1. The number of aliphatic imine (C=N–C) groups is 1. The molecule has 3 heterocycles. The lowest BCUT2D eigenvalue weighted by Gasteiger charge is -2.26. The summed E-state index contributed by atoms with van der Waals surface area (Å²) < 4.78 is 2.00. The van der Waals surface area contributed by atoms with Crippen LogP contribution in [0, 0.1) is 0 Å². The Morgan fingerprint density at radius 3 is 2.93 bits per heavy atom. The zero-order chi connectivity index (χ0) is 19.2. The molecular formula is C21H32IN7. The maximum atomic E-state index is 4.93. The molecule has 0 spiro atoms. The van der Waals surface area contributed by atoms with Gasteiger partial charge in [0, 0.05) is 31.6 Å². The van der Waals surface area contributed by atoms with Crippen LogP contribution in [0.15, 0.2) is 41.7 Å². The van der Waals surface area contributed by atoms with E-state index in [-0.39, 0.29) is 24.0 Å². The van der Waals surface area contributed by atoms with Crippen LogP contribution < -0.4 is 10.6 Å². The van der Waals surface area contributed by atoms with Crippen molar-refractivity contribution in [3.63, 3.8) is 0 Å². The minimum absolute atomic E-state index is 0. The van der Waals surface area contributed by atoms with Crippen molar-refractivity contribution in [2.75, 3.05) is 19.6 Å². The second-order valence-electron chi connectivity index (χ2n) is 7.71. The van der Waals surface area contributed by atoms with Crippen LogP contribution in [-0.4, -0.2) is 57.3 Å². The monoisotopic (exact) mass is 509 g/mol. The summed E-state index contributed by atoms with van der Waals surface area (Å²) in [4.78, 5) is 11.8. The SMILES string of the molecule is CCNC(=NCC1CCCN1Cc1ccccc1)NC1CCc2ncnn2C1.I. The molecule has 1 aromatic heterocycles. The molecule has 1 saturated heterocycles. The molecule has 2 aromatic rings. The fourth-order valence-electron chi connectivity index (χ4n) is 4.19. The topological polar surface area (TPSA) is 70.4 Å². The summed E-state index contributed by atoms with van der Waals surface area (Å²) in [6, 6.07) is 11.6. The second kappa shape index (κ2) is 10.9. The van der Waals surface area contributed by atoms with Gasteiger partial charge >= 0.3 is 0 Å². The molecule has 7 nitrogen and oxygen atoms in total. The molecule has 29 heavy (non-hydrogen) atoms. The van der Waals surface area contributed by atoms with Crippen molar-refractivity contribution < 1.29 is 0 Å². The highest BCUT2D eigenvalue weighted by molar-refractivity contribution is 14.0. The number of benzene rings is 1. The van der Waals surface area contributed by atoms with E-state index in [4.69, 9.17) is 4.99 Å². The van der Waals surface area contributed by atoms with Crippen molar-refractivity contribution in [3.8, 4) is 0 Å². The summed E-state index contributed by atoms with van der Waals surface area (Å²) in [5.74, 6) is 2.00. The van der Waals surface area contributed by atoms with Gasteiger partial charge in [-0.1, -0.05) is 30.3 Å². The molecule has 4 rings (SSSR count). The van der Waals surface area contributed by atoms with Gasteiger partial charge in [-0.3, -0.25) is 9.89 Å². The van der Waals surface area contributed by atoms with E-state index in [0.29, 0.717) is 12.1 Å². The van der Waals surface area contributed by atoms with Crippen LogP contribution in [0.4, 0.5) is 0 Å². The number of hydrogen-bond donors (Lipinski definition) is 2. The van der Waals surface area contributed by atoms with Gasteiger partial charge in [0.2, 0.25) is 0 Å². The Balaban J connectivity index is 0.00000240. The van der Waals surface area contributed by atoms with Crippen LogP contribution in [-0.2, 0) is 19.5 Å². The van der Waals surface area contributed by atoms with Crippen LogP contribution in [0.5, 0.6) is 0 Å². The largest absolute Gasteiger partial charge is 0.357 e. The van der Waals surface area contributed by atoms with Gasteiger partial charge in [0.1, 0.15) is 12.2 Å². The first-order chi connectivity index (χ1) is 13.8. The van der Waals surface area contributed by atoms with E-state index in [1.54, 1.807) is 6.33 Å². The number of nitrogens with one attached hydrogen (secondary N) is 2. The van der Waals surface area contributed by atoms with Crippen molar-refractivity contribution in [1.82, 2.24) is 30.3 Å². The minimum atomic E-state index is 0. The molecule has 8 heteroatoms. The van der Waals surface area contributed by atoms with Crippen LogP contribution in [0.2, 0.25) is 0 Å². The molecule has 0 saturated carbocycles. The van der Waals surface area contributed by atoms with Crippen molar-refractivity contribution in [3.05, 3.63) is 48.0 Å². The van der Waals surface area contributed by atoms with Gasteiger partial charge in [0.25, 0.3) is 0 Å². The zero-order valence-electron chi connectivity index (χ0n) is 17.1. The Bertz CT molecular complexity index is 776. The van der Waals surface area contributed by atoms with Crippen LogP contribution in [0.3, 0.4) is 0 Å². The molecule has 0 bridgehead atoms. The van der Waals surface area contributed by atoms with Gasteiger partial charge in [-0.2, -0.15) is 5.10 Å². The molecular weight excluding hydrogens is 477 g/mol. The molecule has 0 radical (unpaired) electrons. The number of rotatable bonds is 6. The highest BCUT2D eigenvalue weighted by atomic mass is 127. The molecule has 0 aliphatic carbocycles. The predicted molar refractivity (Wildman–Crippen MR) is 127 cm³/mol. The lowest BCUT2D eigenvalue weighted by atomic mass is 10.1. The van der Waals surface area contributed by atoms with Gasteiger partial charge < -0.3 is 10.6 Å². The normalized spacial score (nSPS) is 22.0. The van der Waals surface area contributed by atoms with Crippen LogP contribution in [0.1, 0.15) is 37.6 Å². The highest BCUT2D eigenvalue weighted by Gasteiger charge is 2.25. The van der Waals surface area contributed by atoms with E-state index in [2.05, 4.69) is 62.9 Å². The third kappa shape index (κ3) is 5.91. The van der Waals surface area contributed by atoms with Crippen molar-refractivity contribution in [2.45, 2.75) is 57.8 Å². The first kappa shape index (κ1) is 22.0. The van der Waals surface area contributed by atoms with Gasteiger partial charge in [0.05, 0.1) is 13.1 Å². The Kier molecular flexibility index (Phi) is 8.29. The number of nitrogens with zero attached hydrogens (tertiary/aromatic N) is 5. The number of guanidine groups is 1. The van der Waals surface area contributed by atoms with E-state index in [1.807, 2.05) is 4.68 Å². The summed E-state index contributed by atoms with van der Waals surface area (Å²) in [5, 5.41) is 11.3. The lowest BCUT2D eigenvalue weighted by Crippen LogP contribution is -2.47. The van der Waals surface area contributed by atoms with Crippen molar-refractivity contribution in [1.29, 1.82) is 0 Å². The van der Waals surface area contributed by atoms with Crippen molar-refractivity contribution >= 4 is 29.9 Å². The molecule has 2 N–H and O–H groups in total. The number of hydrogen-bond acceptors (Lipinski definition) is 4. The fraction of sp³-hybridized carbons (Fsp3) is 0.571. The molecule has 2 aliphatic rings. The molecule has 2 aliphatic heterocycles. The molecule has 2 unspecified atom stereocenters. The first-order valence-corrected chi connectivity index (χ1v) is 10.5. The predicted octanol–water partition coefficient (Wildman–Crippen LogP) is 2.43. The molecule has 0 amide bonds. The van der Waals surface area contributed by atoms with Crippen molar-refractivity contribution in [2.24, 2.45) is 4.99 Å². The molecule has 1 fully saturated rings. The van der Waals surface area contributed by atoms with Gasteiger partial charge in [0.15, 0.2) is 5.96 Å². The molecule has 158 valence electrons. The van der Waals surface area contributed by atoms with E-state index >= 15 is 0 Å². The summed E-state index contributed by atoms with van der Waals surface area (Å²) in [5.41, 5.74) is 1.38. The standard InChI is InChI=1S/C21H31N7.HI/c1-2-22-21(26-18-10-11-20-24-16-25-28(20)15-18)23-13-19-9-6-12-27(19)14-17-7-4-3-5-8-17;/h3-5,7-8,16,18-19H,2,6,9-15H2,1H3,(H2,22,23,26);1H. The fourth-order valence-corrected chi connectivity index (χ4v) is 4.19. The van der Waals surface area contributed by atoms with Gasteiger partial charge in [-0.15, -0.1) is 24.0 Å². The lowest BCUT2D eigenvalue weighted by molar-refractivity contribution is 0.250. The molecule has 2 atom stereocenters. The Morgan fingerprint density at radius 1 is 1.24 bits per heavy atom. The summed E-state index contributed by atoms with van der Waals surface area (Å²) >= 11 is 0. The molecule has 1 aromatic carbocycles. The second-order valence-corrected chi connectivity index (χ2v) is 7.71. The Morgan fingerprint density at radius 2 is 2.10 bits per heavy atom. The Labute approximate surface area is 190 Å². The number of likely N-dealkylation sites (tertiary alicyclic amines) is 1. The van der Waals surface area contributed by atoms with Crippen LogP contribution in [0.25, 0.3) is 0 Å². The number of aryl methyl sites for hydroxylation is 1. The van der Waals surface area contributed by atoms with Gasteiger partial charge in [-0.25, -0.2) is 9.67 Å².